The molecule has 1 aromatic carbocycles. The number of hydrogen-bond acceptors (Lipinski definition) is 1. The van der Waals surface area contributed by atoms with E-state index in [0.29, 0.717) is 6.04 Å². The molecule has 1 rings (SSSR count). The SMILES string of the molecule is CCCCC(CCC)NCc1ccc(C)c(C)c1. The second-order valence-corrected chi connectivity index (χ2v) is 5.43. The van der Waals surface area contributed by atoms with Crippen LogP contribution in [0.15, 0.2) is 18.2 Å². The first-order valence-corrected chi connectivity index (χ1v) is 7.46. The Labute approximate surface area is 113 Å². The average Bonchev–Trinajstić information content (AvgIpc) is 2.37. The molecule has 0 saturated heterocycles. The molecule has 0 aromatic heterocycles. The van der Waals surface area contributed by atoms with Gasteiger partial charge in [-0.2, -0.15) is 0 Å². The quantitative estimate of drug-likeness (QED) is 0.699. The standard InChI is InChI=1S/C17H29N/c1-5-7-9-17(8-6-2)18-13-16-11-10-14(3)15(4)12-16/h10-12,17-18H,5-9,13H2,1-4H3. The Morgan fingerprint density at radius 2 is 1.78 bits per heavy atom. The topological polar surface area (TPSA) is 12.0 Å². The van der Waals surface area contributed by atoms with E-state index in [-0.39, 0.29) is 0 Å². The van der Waals surface area contributed by atoms with Gasteiger partial charge in [-0.3, -0.25) is 0 Å². The summed E-state index contributed by atoms with van der Waals surface area (Å²) in [6.07, 6.45) is 6.52. The van der Waals surface area contributed by atoms with Gasteiger partial charge in [0.25, 0.3) is 0 Å². The second kappa shape index (κ2) is 8.31. The minimum absolute atomic E-state index is 0.691. The molecule has 0 fully saturated rings. The lowest BCUT2D eigenvalue weighted by molar-refractivity contribution is 0.434. The molecule has 1 atom stereocenters. The van der Waals surface area contributed by atoms with E-state index in [1.807, 2.05) is 0 Å². The summed E-state index contributed by atoms with van der Waals surface area (Å²) in [7, 11) is 0. The van der Waals surface area contributed by atoms with Gasteiger partial charge in [-0.25, -0.2) is 0 Å². The van der Waals surface area contributed by atoms with Crippen molar-refractivity contribution in [3.8, 4) is 0 Å². The number of nitrogens with one attached hydrogen (secondary N) is 1. The lowest BCUT2D eigenvalue weighted by atomic mass is 10.0. The van der Waals surface area contributed by atoms with Gasteiger partial charge in [-0.05, 0) is 43.4 Å². The van der Waals surface area contributed by atoms with Crippen LogP contribution in [0.25, 0.3) is 0 Å². The van der Waals surface area contributed by atoms with Crippen molar-refractivity contribution >= 4 is 0 Å². The van der Waals surface area contributed by atoms with Gasteiger partial charge in [0.05, 0.1) is 0 Å². The Morgan fingerprint density at radius 3 is 2.39 bits per heavy atom. The lowest BCUT2D eigenvalue weighted by Crippen LogP contribution is -2.28. The zero-order chi connectivity index (χ0) is 13.4. The van der Waals surface area contributed by atoms with Gasteiger partial charge < -0.3 is 5.32 Å². The van der Waals surface area contributed by atoms with Crippen LogP contribution in [0.2, 0.25) is 0 Å². The van der Waals surface area contributed by atoms with Crippen molar-refractivity contribution in [2.75, 3.05) is 0 Å². The highest BCUT2D eigenvalue weighted by Gasteiger charge is 2.06. The van der Waals surface area contributed by atoms with Crippen LogP contribution in [0.4, 0.5) is 0 Å². The third-order valence-electron chi connectivity index (χ3n) is 3.71. The molecule has 1 N–H and O–H groups in total. The van der Waals surface area contributed by atoms with Gasteiger partial charge in [0.2, 0.25) is 0 Å². The molecule has 0 heterocycles. The zero-order valence-corrected chi connectivity index (χ0v) is 12.6. The van der Waals surface area contributed by atoms with Crippen molar-refractivity contribution in [2.45, 2.75) is 72.4 Å². The van der Waals surface area contributed by atoms with Crippen LogP contribution in [0, 0.1) is 13.8 Å². The third-order valence-corrected chi connectivity index (χ3v) is 3.71. The molecule has 0 radical (unpaired) electrons. The van der Waals surface area contributed by atoms with E-state index < -0.39 is 0 Å². The number of hydrogen-bond donors (Lipinski definition) is 1. The van der Waals surface area contributed by atoms with Gasteiger partial charge in [-0.1, -0.05) is 51.3 Å². The monoisotopic (exact) mass is 247 g/mol. The highest BCUT2D eigenvalue weighted by molar-refractivity contribution is 5.29. The molecular weight excluding hydrogens is 218 g/mol. The highest BCUT2D eigenvalue weighted by Crippen LogP contribution is 2.12. The summed E-state index contributed by atoms with van der Waals surface area (Å²) in [5.74, 6) is 0. The fourth-order valence-electron chi connectivity index (χ4n) is 2.32. The molecule has 0 saturated carbocycles. The summed E-state index contributed by atoms with van der Waals surface area (Å²) >= 11 is 0. The molecule has 0 spiro atoms. The van der Waals surface area contributed by atoms with Crippen LogP contribution >= 0.6 is 0 Å². The Bertz CT molecular complexity index is 343. The number of benzene rings is 1. The molecule has 1 nitrogen and oxygen atoms in total. The average molecular weight is 247 g/mol. The number of aryl methyl sites for hydroxylation is 2. The first kappa shape index (κ1) is 15.2. The van der Waals surface area contributed by atoms with Gasteiger partial charge in [0, 0.05) is 12.6 Å². The van der Waals surface area contributed by atoms with Gasteiger partial charge >= 0.3 is 0 Å². The first-order valence-electron chi connectivity index (χ1n) is 7.46. The zero-order valence-electron chi connectivity index (χ0n) is 12.6. The van der Waals surface area contributed by atoms with Crippen molar-refractivity contribution < 1.29 is 0 Å². The van der Waals surface area contributed by atoms with E-state index in [2.05, 4.69) is 51.2 Å². The highest BCUT2D eigenvalue weighted by atomic mass is 14.9. The maximum Gasteiger partial charge on any atom is 0.0208 e. The predicted molar refractivity (Wildman–Crippen MR) is 81.0 cm³/mol. The Balaban J connectivity index is 2.47. The number of unbranched alkanes of at least 4 members (excludes halogenated alkanes) is 1. The van der Waals surface area contributed by atoms with Gasteiger partial charge in [0.1, 0.15) is 0 Å². The van der Waals surface area contributed by atoms with E-state index in [1.165, 1.54) is 48.8 Å². The van der Waals surface area contributed by atoms with Crippen LogP contribution < -0.4 is 5.32 Å². The molecule has 18 heavy (non-hydrogen) atoms. The summed E-state index contributed by atoms with van der Waals surface area (Å²) in [5.41, 5.74) is 4.19. The van der Waals surface area contributed by atoms with E-state index in [1.54, 1.807) is 0 Å². The van der Waals surface area contributed by atoms with Crippen molar-refractivity contribution in [1.82, 2.24) is 5.32 Å². The summed E-state index contributed by atoms with van der Waals surface area (Å²) in [6.45, 7) is 9.92. The van der Waals surface area contributed by atoms with Crippen LogP contribution in [0.5, 0.6) is 0 Å². The smallest absolute Gasteiger partial charge is 0.0208 e. The fraction of sp³-hybridized carbons (Fsp3) is 0.647. The van der Waals surface area contributed by atoms with Crippen LogP contribution in [0.1, 0.15) is 62.6 Å². The van der Waals surface area contributed by atoms with Crippen molar-refractivity contribution in [3.05, 3.63) is 34.9 Å². The van der Waals surface area contributed by atoms with Gasteiger partial charge in [0.15, 0.2) is 0 Å². The molecular formula is C17H29N. The van der Waals surface area contributed by atoms with E-state index in [4.69, 9.17) is 0 Å². The van der Waals surface area contributed by atoms with E-state index in [9.17, 15) is 0 Å². The van der Waals surface area contributed by atoms with Crippen LogP contribution in [0.3, 0.4) is 0 Å². The van der Waals surface area contributed by atoms with Crippen LogP contribution in [-0.2, 0) is 6.54 Å². The second-order valence-electron chi connectivity index (χ2n) is 5.43. The first-order chi connectivity index (χ1) is 8.67. The molecule has 1 aromatic rings. The molecule has 0 aliphatic heterocycles. The summed E-state index contributed by atoms with van der Waals surface area (Å²) < 4.78 is 0. The summed E-state index contributed by atoms with van der Waals surface area (Å²) in [4.78, 5) is 0. The molecule has 1 unspecified atom stereocenters. The Morgan fingerprint density at radius 1 is 1.00 bits per heavy atom. The molecule has 1 heteroatoms. The van der Waals surface area contributed by atoms with Crippen LogP contribution in [-0.4, -0.2) is 6.04 Å². The van der Waals surface area contributed by atoms with Crippen molar-refractivity contribution in [3.63, 3.8) is 0 Å². The minimum atomic E-state index is 0.691. The molecule has 0 bridgehead atoms. The number of rotatable bonds is 8. The van der Waals surface area contributed by atoms with Crippen molar-refractivity contribution in [2.24, 2.45) is 0 Å². The largest absolute Gasteiger partial charge is 0.310 e. The maximum absolute atomic E-state index is 3.72. The summed E-state index contributed by atoms with van der Waals surface area (Å²) in [6, 6.07) is 7.48. The van der Waals surface area contributed by atoms with E-state index >= 15 is 0 Å². The third kappa shape index (κ3) is 5.22. The summed E-state index contributed by atoms with van der Waals surface area (Å²) in [5, 5.41) is 3.72. The Hall–Kier alpha value is -0.820. The molecule has 0 amide bonds. The van der Waals surface area contributed by atoms with Crippen molar-refractivity contribution in [1.29, 1.82) is 0 Å². The van der Waals surface area contributed by atoms with E-state index in [0.717, 1.165) is 6.54 Å². The fourth-order valence-corrected chi connectivity index (χ4v) is 2.32. The molecule has 102 valence electrons. The molecule has 0 aliphatic carbocycles. The lowest BCUT2D eigenvalue weighted by Gasteiger charge is -2.18. The maximum atomic E-state index is 3.72. The minimum Gasteiger partial charge on any atom is -0.310 e. The molecule has 0 aliphatic rings. The normalized spacial score (nSPS) is 12.7. The Kier molecular flexibility index (Phi) is 7.04. The van der Waals surface area contributed by atoms with Gasteiger partial charge in [-0.15, -0.1) is 0 Å². The predicted octanol–water partition coefficient (Wildman–Crippen LogP) is 4.75.